The molecule has 0 atom stereocenters. The first-order chi connectivity index (χ1) is 6.77. The van der Waals surface area contributed by atoms with Gasteiger partial charge in [-0.2, -0.15) is 0 Å². The fourth-order valence-electron chi connectivity index (χ4n) is 0.749. The van der Waals surface area contributed by atoms with Gasteiger partial charge in [0.05, 0.1) is 6.61 Å². The van der Waals surface area contributed by atoms with Crippen LogP contribution in [0.2, 0.25) is 0 Å². The average Bonchev–Trinajstić information content (AvgIpc) is 2.09. The maximum atomic E-state index is 10.5. The lowest BCUT2D eigenvalue weighted by Crippen LogP contribution is -2.16. The van der Waals surface area contributed by atoms with Crippen molar-refractivity contribution in [3.63, 3.8) is 0 Å². The molecule has 0 aliphatic heterocycles. The monoisotopic (exact) mass is 232 g/mol. The molecule has 0 rings (SSSR count). The third-order valence-corrected chi connectivity index (χ3v) is 1.94. The molecule has 0 unspecified atom stereocenters. The van der Waals surface area contributed by atoms with E-state index in [1.165, 1.54) is 0 Å². The zero-order valence-corrected chi connectivity index (χ0v) is 10.1. The van der Waals surface area contributed by atoms with Crippen LogP contribution in [0, 0.1) is 17.3 Å². The minimum absolute atomic E-state index is 0.0832. The summed E-state index contributed by atoms with van der Waals surface area (Å²) >= 11 is 0. The molecule has 0 spiro atoms. The maximum absolute atomic E-state index is 10.5. The van der Waals surface area contributed by atoms with Gasteiger partial charge in [0.25, 0.3) is 0 Å². The Morgan fingerprint density at radius 1 is 1.47 bits per heavy atom. The lowest BCUT2D eigenvalue weighted by molar-refractivity contribution is 0.156. The smallest absolute Gasteiger partial charge is 0.303 e. The number of hydrogen-bond donors (Lipinski definition) is 2. The summed E-state index contributed by atoms with van der Waals surface area (Å²) in [4.78, 5) is 17.0. The van der Waals surface area contributed by atoms with E-state index in [1.807, 2.05) is 19.1 Å². The lowest BCUT2D eigenvalue weighted by atomic mass is 9.96. The van der Waals surface area contributed by atoms with Crippen LogP contribution in [0.3, 0.4) is 0 Å². The summed E-state index contributed by atoms with van der Waals surface area (Å²) in [7, 11) is -4.39. The minimum atomic E-state index is -4.39. The molecule has 0 bridgehead atoms. The van der Waals surface area contributed by atoms with Gasteiger partial charge < -0.3 is 9.79 Å². The van der Waals surface area contributed by atoms with Gasteiger partial charge in [0.15, 0.2) is 0 Å². The summed E-state index contributed by atoms with van der Waals surface area (Å²) in [6, 6.07) is 0. The summed E-state index contributed by atoms with van der Waals surface area (Å²) in [6.45, 7) is 5.36. The molecule has 0 aromatic carbocycles. The molecule has 0 aliphatic carbocycles. The summed E-state index contributed by atoms with van der Waals surface area (Å²) in [5.41, 5.74) is -0.553. The van der Waals surface area contributed by atoms with E-state index in [1.54, 1.807) is 13.8 Å². The van der Waals surface area contributed by atoms with Gasteiger partial charge in [0, 0.05) is 11.8 Å². The molecule has 0 aromatic rings. The molecule has 0 fully saturated rings. The molecule has 0 aliphatic rings. The van der Waals surface area contributed by atoms with E-state index in [9.17, 15) is 4.57 Å². The van der Waals surface area contributed by atoms with Gasteiger partial charge in [-0.25, -0.2) is 4.57 Å². The normalized spacial score (nSPS) is 12.6. The van der Waals surface area contributed by atoms with Crippen molar-refractivity contribution in [2.75, 3.05) is 6.61 Å². The molecule has 0 radical (unpaired) electrons. The number of hydrogen-bond acceptors (Lipinski definition) is 2. The summed E-state index contributed by atoms with van der Waals surface area (Å²) in [6.07, 6.45) is 4.44. The lowest BCUT2D eigenvalue weighted by Gasteiger charge is -2.17. The standard InChI is InChI=1S/C10H17O4P/c1-4-5-6-7-8-10(2,3)9-14-15(11,12)13/h4-5H,6,9H2,1-3H3,(H2,11,12,13). The molecular weight excluding hydrogens is 215 g/mol. The topological polar surface area (TPSA) is 66.8 Å². The second kappa shape index (κ2) is 6.09. The third-order valence-electron chi connectivity index (χ3n) is 1.48. The summed E-state index contributed by atoms with van der Waals surface area (Å²) in [5, 5.41) is 0. The molecule has 5 heteroatoms. The van der Waals surface area contributed by atoms with Crippen molar-refractivity contribution < 1.29 is 18.9 Å². The predicted octanol–water partition coefficient (Wildman–Crippen LogP) is 2.09. The Kier molecular flexibility index (Phi) is 5.85. The minimum Gasteiger partial charge on any atom is -0.303 e. The number of rotatable bonds is 4. The van der Waals surface area contributed by atoms with Crippen molar-refractivity contribution in [1.29, 1.82) is 0 Å². The predicted molar refractivity (Wildman–Crippen MR) is 59.0 cm³/mol. The van der Waals surface area contributed by atoms with Gasteiger partial charge in [-0.3, -0.25) is 4.52 Å². The molecule has 0 saturated heterocycles. The maximum Gasteiger partial charge on any atom is 0.469 e. The molecule has 2 N–H and O–H groups in total. The van der Waals surface area contributed by atoms with Crippen molar-refractivity contribution in [1.82, 2.24) is 0 Å². The van der Waals surface area contributed by atoms with Crippen LogP contribution in [0.4, 0.5) is 0 Å². The second-order valence-corrected chi connectivity index (χ2v) is 4.96. The van der Waals surface area contributed by atoms with E-state index < -0.39 is 13.2 Å². The molecule has 86 valence electrons. The molecule has 4 nitrogen and oxygen atoms in total. The van der Waals surface area contributed by atoms with Crippen LogP contribution in [-0.2, 0) is 9.09 Å². The number of phosphoric acid groups is 1. The van der Waals surface area contributed by atoms with Crippen molar-refractivity contribution in [3.05, 3.63) is 12.2 Å². The molecule has 0 saturated carbocycles. The molecule has 0 heterocycles. The Hall–Kier alpha value is -0.590. The zero-order valence-electron chi connectivity index (χ0n) is 9.23. The van der Waals surface area contributed by atoms with Crippen LogP contribution >= 0.6 is 7.82 Å². The van der Waals surface area contributed by atoms with Gasteiger partial charge in [-0.05, 0) is 20.8 Å². The zero-order chi connectivity index (χ0) is 11.9. The highest BCUT2D eigenvalue weighted by Crippen LogP contribution is 2.37. The van der Waals surface area contributed by atoms with Crippen molar-refractivity contribution in [2.45, 2.75) is 27.2 Å². The quantitative estimate of drug-likeness (QED) is 0.442. The molecule has 0 aromatic heterocycles. The van der Waals surface area contributed by atoms with Gasteiger partial charge in [0.1, 0.15) is 0 Å². The van der Waals surface area contributed by atoms with Crippen LogP contribution < -0.4 is 0 Å². The number of allylic oxidation sites excluding steroid dienone is 2. The first kappa shape index (κ1) is 14.4. The van der Waals surface area contributed by atoms with Crippen molar-refractivity contribution in [2.24, 2.45) is 5.41 Å². The highest BCUT2D eigenvalue weighted by molar-refractivity contribution is 7.46. The summed E-state index contributed by atoms with van der Waals surface area (Å²) in [5.74, 6) is 5.79. The van der Waals surface area contributed by atoms with E-state index in [2.05, 4.69) is 16.4 Å². The van der Waals surface area contributed by atoms with E-state index in [-0.39, 0.29) is 6.61 Å². The first-order valence-corrected chi connectivity index (χ1v) is 6.11. The van der Waals surface area contributed by atoms with Crippen LogP contribution in [0.25, 0.3) is 0 Å². The molecule has 15 heavy (non-hydrogen) atoms. The number of phosphoric ester groups is 1. The Balaban J connectivity index is 4.16. The van der Waals surface area contributed by atoms with Crippen LogP contribution in [0.5, 0.6) is 0 Å². The Morgan fingerprint density at radius 3 is 2.53 bits per heavy atom. The fraction of sp³-hybridized carbons (Fsp3) is 0.600. The van der Waals surface area contributed by atoms with Crippen molar-refractivity contribution in [3.8, 4) is 11.8 Å². The van der Waals surface area contributed by atoms with Gasteiger partial charge in [-0.1, -0.05) is 24.0 Å². The third kappa shape index (κ3) is 9.71. The fourth-order valence-corrected chi connectivity index (χ4v) is 1.24. The Bertz CT molecular complexity index is 316. The highest BCUT2D eigenvalue weighted by atomic mass is 31.2. The highest BCUT2D eigenvalue weighted by Gasteiger charge is 2.21. The largest absolute Gasteiger partial charge is 0.469 e. The Labute approximate surface area is 90.6 Å². The SMILES string of the molecule is CC=CCC#CC(C)(C)COP(=O)(O)O. The first-order valence-electron chi connectivity index (χ1n) is 4.58. The van der Waals surface area contributed by atoms with Crippen LogP contribution in [-0.4, -0.2) is 16.4 Å². The molecular formula is C10H17O4P. The average molecular weight is 232 g/mol. The van der Waals surface area contributed by atoms with Gasteiger partial charge in [-0.15, -0.1) is 0 Å². The molecule has 0 amide bonds. The van der Waals surface area contributed by atoms with E-state index in [0.717, 1.165) is 0 Å². The Morgan fingerprint density at radius 2 is 2.07 bits per heavy atom. The second-order valence-electron chi connectivity index (χ2n) is 3.72. The van der Waals surface area contributed by atoms with Crippen LogP contribution in [0.1, 0.15) is 27.2 Å². The van der Waals surface area contributed by atoms with E-state index in [0.29, 0.717) is 6.42 Å². The summed E-state index contributed by atoms with van der Waals surface area (Å²) < 4.78 is 14.9. The van der Waals surface area contributed by atoms with Gasteiger partial charge in [0.2, 0.25) is 0 Å². The van der Waals surface area contributed by atoms with Crippen molar-refractivity contribution >= 4 is 7.82 Å². The van der Waals surface area contributed by atoms with E-state index >= 15 is 0 Å². The van der Waals surface area contributed by atoms with Crippen LogP contribution in [0.15, 0.2) is 12.2 Å². The van der Waals surface area contributed by atoms with Gasteiger partial charge >= 0.3 is 7.82 Å². The van der Waals surface area contributed by atoms with E-state index in [4.69, 9.17) is 9.79 Å².